The van der Waals surface area contributed by atoms with Crippen LogP contribution in [0.2, 0.25) is 0 Å². The molecular formula is C15H21FN2O2S. The minimum atomic E-state index is -3.63. The Morgan fingerprint density at radius 2 is 2.00 bits per heavy atom. The Balaban J connectivity index is 1.88. The van der Waals surface area contributed by atoms with Gasteiger partial charge in [-0.15, -0.1) is 0 Å². The third-order valence-electron chi connectivity index (χ3n) is 4.43. The summed E-state index contributed by atoms with van der Waals surface area (Å²) in [5.74, 6) is -0.509. The number of hydrogen-bond donors (Lipinski definition) is 1. The number of halogens is 1. The summed E-state index contributed by atoms with van der Waals surface area (Å²) in [6.07, 6.45) is 5.10. The molecule has 0 saturated heterocycles. The van der Waals surface area contributed by atoms with Crippen LogP contribution in [0.1, 0.15) is 37.7 Å². The van der Waals surface area contributed by atoms with Crippen LogP contribution in [0.4, 0.5) is 4.39 Å². The zero-order valence-electron chi connectivity index (χ0n) is 12.2. The second kappa shape index (κ2) is 5.66. The van der Waals surface area contributed by atoms with Crippen molar-refractivity contribution in [2.75, 3.05) is 7.05 Å². The van der Waals surface area contributed by atoms with Gasteiger partial charge in [-0.05, 0) is 43.4 Å². The van der Waals surface area contributed by atoms with Crippen molar-refractivity contribution >= 4 is 10.0 Å². The van der Waals surface area contributed by atoms with E-state index in [-0.39, 0.29) is 10.9 Å². The summed E-state index contributed by atoms with van der Waals surface area (Å²) in [6, 6.07) is 4.59. The number of benzene rings is 1. The average Bonchev–Trinajstić information content (AvgIpc) is 3.19. The van der Waals surface area contributed by atoms with Crippen molar-refractivity contribution in [1.29, 1.82) is 0 Å². The summed E-state index contributed by atoms with van der Waals surface area (Å²) in [5, 5.41) is 3.30. The van der Waals surface area contributed by atoms with Crippen LogP contribution < -0.4 is 5.32 Å². The Morgan fingerprint density at radius 3 is 2.57 bits per heavy atom. The molecule has 2 fully saturated rings. The molecule has 0 spiro atoms. The van der Waals surface area contributed by atoms with Gasteiger partial charge in [0, 0.05) is 25.7 Å². The Bertz CT molecular complexity index is 625. The molecule has 116 valence electrons. The van der Waals surface area contributed by atoms with Crippen LogP contribution in [0.3, 0.4) is 0 Å². The molecule has 21 heavy (non-hydrogen) atoms. The molecule has 2 aliphatic carbocycles. The molecule has 1 aromatic carbocycles. The summed E-state index contributed by atoms with van der Waals surface area (Å²) >= 11 is 0. The average molecular weight is 312 g/mol. The number of nitrogens with one attached hydrogen (secondary N) is 1. The lowest BCUT2D eigenvalue weighted by Crippen LogP contribution is -2.41. The standard InChI is InChI=1S/C15H21FN2O2S/c1-18(14-3-2-4-14)21(19,20)15-9-12(16)6-5-11(15)10-17-13-7-8-13/h5-6,9,13-14,17H,2-4,7-8,10H2,1H3. The first-order chi connectivity index (χ1) is 9.98. The monoisotopic (exact) mass is 312 g/mol. The summed E-state index contributed by atoms with van der Waals surface area (Å²) in [4.78, 5) is 0.102. The van der Waals surface area contributed by atoms with Gasteiger partial charge in [0.2, 0.25) is 10.0 Å². The number of sulfonamides is 1. The van der Waals surface area contributed by atoms with E-state index in [1.807, 2.05) is 0 Å². The van der Waals surface area contributed by atoms with Crippen LogP contribution in [0.25, 0.3) is 0 Å². The van der Waals surface area contributed by atoms with E-state index in [1.54, 1.807) is 13.1 Å². The molecule has 6 heteroatoms. The van der Waals surface area contributed by atoms with Crippen molar-refractivity contribution in [2.24, 2.45) is 0 Å². The van der Waals surface area contributed by atoms with Crippen molar-refractivity contribution in [2.45, 2.75) is 55.6 Å². The van der Waals surface area contributed by atoms with Crippen LogP contribution in [-0.2, 0) is 16.6 Å². The first-order valence-corrected chi connectivity index (χ1v) is 8.92. The molecular weight excluding hydrogens is 291 g/mol. The minimum absolute atomic E-state index is 0.0579. The van der Waals surface area contributed by atoms with E-state index in [9.17, 15) is 12.8 Å². The van der Waals surface area contributed by atoms with Gasteiger partial charge in [0.05, 0.1) is 4.90 Å². The lowest BCUT2D eigenvalue weighted by atomic mass is 9.94. The smallest absolute Gasteiger partial charge is 0.243 e. The zero-order valence-corrected chi connectivity index (χ0v) is 13.0. The second-order valence-electron chi connectivity index (χ2n) is 6.01. The van der Waals surface area contributed by atoms with Crippen molar-refractivity contribution < 1.29 is 12.8 Å². The van der Waals surface area contributed by atoms with Gasteiger partial charge in [0.1, 0.15) is 5.82 Å². The quantitative estimate of drug-likeness (QED) is 0.876. The highest BCUT2D eigenvalue weighted by Gasteiger charge is 2.33. The van der Waals surface area contributed by atoms with Gasteiger partial charge in [-0.3, -0.25) is 0 Å². The summed E-state index contributed by atoms with van der Waals surface area (Å²) < 4.78 is 40.4. The van der Waals surface area contributed by atoms with E-state index in [1.165, 1.54) is 10.4 Å². The van der Waals surface area contributed by atoms with Gasteiger partial charge in [-0.25, -0.2) is 12.8 Å². The Kier molecular flexibility index (Phi) is 4.03. The van der Waals surface area contributed by atoms with Crippen molar-refractivity contribution in [3.8, 4) is 0 Å². The molecule has 2 saturated carbocycles. The highest BCUT2D eigenvalue weighted by atomic mass is 32.2. The van der Waals surface area contributed by atoms with Crippen LogP contribution in [0.15, 0.2) is 23.1 Å². The maximum absolute atomic E-state index is 13.5. The highest BCUT2D eigenvalue weighted by molar-refractivity contribution is 7.89. The normalized spacial score (nSPS) is 19.8. The predicted octanol–water partition coefficient (Wildman–Crippen LogP) is 2.25. The summed E-state index contributed by atoms with van der Waals surface area (Å²) in [7, 11) is -2.03. The first kappa shape index (κ1) is 14.9. The molecule has 0 bridgehead atoms. The number of rotatable bonds is 6. The van der Waals surface area contributed by atoms with E-state index in [4.69, 9.17) is 0 Å². The molecule has 0 aromatic heterocycles. The second-order valence-corrected chi connectivity index (χ2v) is 7.98. The Morgan fingerprint density at radius 1 is 1.29 bits per heavy atom. The molecule has 1 N–H and O–H groups in total. The van der Waals surface area contributed by atoms with Crippen molar-refractivity contribution in [3.63, 3.8) is 0 Å². The topological polar surface area (TPSA) is 49.4 Å². The van der Waals surface area contributed by atoms with Crippen molar-refractivity contribution in [1.82, 2.24) is 9.62 Å². The first-order valence-electron chi connectivity index (χ1n) is 7.48. The van der Waals surface area contributed by atoms with Gasteiger partial charge in [0.15, 0.2) is 0 Å². The lowest BCUT2D eigenvalue weighted by Gasteiger charge is -2.34. The van der Waals surface area contributed by atoms with Crippen molar-refractivity contribution in [3.05, 3.63) is 29.6 Å². The molecule has 0 aliphatic heterocycles. The Hall–Kier alpha value is -0.980. The summed E-state index contributed by atoms with van der Waals surface area (Å²) in [5.41, 5.74) is 0.648. The lowest BCUT2D eigenvalue weighted by molar-refractivity contribution is 0.249. The Labute approximate surface area is 125 Å². The highest BCUT2D eigenvalue weighted by Crippen LogP contribution is 2.30. The SMILES string of the molecule is CN(C1CCC1)S(=O)(=O)c1cc(F)ccc1CNC1CC1. The molecule has 2 aliphatic rings. The molecule has 0 radical (unpaired) electrons. The maximum atomic E-state index is 13.5. The molecule has 1 aromatic rings. The van der Waals surface area contributed by atoms with E-state index in [0.717, 1.165) is 38.2 Å². The van der Waals surface area contributed by atoms with Crippen LogP contribution in [0.5, 0.6) is 0 Å². The molecule has 4 nitrogen and oxygen atoms in total. The molecule has 0 unspecified atom stereocenters. The largest absolute Gasteiger partial charge is 0.310 e. The van der Waals surface area contributed by atoms with Gasteiger partial charge in [-0.2, -0.15) is 4.31 Å². The van der Waals surface area contributed by atoms with Gasteiger partial charge < -0.3 is 5.32 Å². The van der Waals surface area contributed by atoms with Crippen LogP contribution in [0, 0.1) is 5.82 Å². The van der Waals surface area contributed by atoms with E-state index >= 15 is 0 Å². The fourth-order valence-corrected chi connectivity index (χ4v) is 4.20. The molecule has 0 amide bonds. The number of nitrogens with zero attached hydrogens (tertiary/aromatic N) is 1. The van der Waals surface area contributed by atoms with Gasteiger partial charge in [0.25, 0.3) is 0 Å². The fourth-order valence-electron chi connectivity index (χ4n) is 2.56. The molecule has 0 heterocycles. The maximum Gasteiger partial charge on any atom is 0.243 e. The molecule has 0 atom stereocenters. The van der Waals surface area contributed by atoms with Crippen LogP contribution in [-0.4, -0.2) is 31.9 Å². The molecule has 3 rings (SSSR count). The van der Waals surface area contributed by atoms with E-state index < -0.39 is 15.8 Å². The van der Waals surface area contributed by atoms with Gasteiger partial charge >= 0.3 is 0 Å². The fraction of sp³-hybridized carbons (Fsp3) is 0.600. The van der Waals surface area contributed by atoms with Gasteiger partial charge in [-0.1, -0.05) is 12.5 Å². The third kappa shape index (κ3) is 3.12. The van der Waals surface area contributed by atoms with E-state index in [0.29, 0.717) is 18.2 Å². The number of hydrogen-bond acceptors (Lipinski definition) is 3. The zero-order chi connectivity index (χ0) is 15.0. The third-order valence-corrected chi connectivity index (χ3v) is 6.43. The van der Waals surface area contributed by atoms with Crippen LogP contribution >= 0.6 is 0 Å². The predicted molar refractivity (Wildman–Crippen MR) is 78.8 cm³/mol. The van der Waals surface area contributed by atoms with E-state index in [2.05, 4.69) is 5.32 Å². The minimum Gasteiger partial charge on any atom is -0.310 e. The summed E-state index contributed by atoms with van der Waals surface area (Å²) in [6.45, 7) is 0.470.